The van der Waals surface area contributed by atoms with Gasteiger partial charge in [0.2, 0.25) is 0 Å². The summed E-state index contributed by atoms with van der Waals surface area (Å²) in [7, 11) is 0. The molecular formula is C24H30N6O7. The lowest BCUT2D eigenvalue weighted by Crippen LogP contribution is -2.48. The number of fused-ring (bicyclic) bond motifs is 1. The van der Waals surface area contributed by atoms with E-state index in [9.17, 15) is 19.8 Å². The van der Waals surface area contributed by atoms with E-state index in [0.29, 0.717) is 11.2 Å². The second-order valence-electron chi connectivity index (χ2n) is 9.61. The van der Waals surface area contributed by atoms with Gasteiger partial charge in [-0.25, -0.2) is 24.5 Å². The Morgan fingerprint density at radius 3 is 2.62 bits per heavy atom. The molecule has 0 spiro atoms. The number of benzene rings is 1. The summed E-state index contributed by atoms with van der Waals surface area (Å²) in [4.78, 5) is 37.9. The maximum Gasteiger partial charge on any atom is 0.408 e. The van der Waals surface area contributed by atoms with E-state index in [2.05, 4.69) is 20.3 Å². The van der Waals surface area contributed by atoms with Gasteiger partial charge in [0.1, 0.15) is 35.7 Å². The quantitative estimate of drug-likeness (QED) is 0.326. The maximum atomic E-state index is 13.3. The lowest BCUT2D eigenvalue weighted by molar-refractivity contribution is -0.159. The van der Waals surface area contributed by atoms with E-state index >= 15 is 0 Å². The zero-order valence-corrected chi connectivity index (χ0v) is 20.6. The summed E-state index contributed by atoms with van der Waals surface area (Å²) in [5.74, 6) is -0.682. The van der Waals surface area contributed by atoms with Gasteiger partial charge in [0.05, 0.1) is 12.9 Å². The predicted molar refractivity (Wildman–Crippen MR) is 130 cm³/mol. The van der Waals surface area contributed by atoms with Crippen LogP contribution in [-0.4, -0.2) is 78.4 Å². The number of aliphatic hydroxyl groups is 2. The van der Waals surface area contributed by atoms with Crippen molar-refractivity contribution in [1.82, 2.24) is 24.8 Å². The Labute approximate surface area is 212 Å². The smallest absolute Gasteiger partial charge is 0.408 e. The third kappa shape index (κ3) is 5.96. The molecule has 3 aromatic rings. The van der Waals surface area contributed by atoms with Gasteiger partial charge in [-0.1, -0.05) is 30.3 Å². The molecule has 1 saturated heterocycles. The summed E-state index contributed by atoms with van der Waals surface area (Å²) < 4.78 is 18.2. The Bertz CT molecular complexity index is 1250. The highest BCUT2D eigenvalue weighted by atomic mass is 16.6. The Balaban J connectivity index is 1.54. The topological polar surface area (TPSA) is 184 Å². The van der Waals surface area contributed by atoms with E-state index in [-0.39, 0.29) is 12.2 Å². The Kier molecular flexibility index (Phi) is 7.57. The van der Waals surface area contributed by atoms with Crippen molar-refractivity contribution in [3.63, 3.8) is 0 Å². The maximum absolute atomic E-state index is 13.3. The molecule has 1 aliphatic heterocycles. The van der Waals surface area contributed by atoms with Crippen molar-refractivity contribution in [2.24, 2.45) is 0 Å². The lowest BCUT2D eigenvalue weighted by Gasteiger charge is -2.25. The number of carbonyl (C=O) groups is 2. The zero-order chi connectivity index (χ0) is 26.7. The number of hydrogen-bond donors (Lipinski definition) is 4. The van der Waals surface area contributed by atoms with E-state index in [1.54, 1.807) is 45.0 Å². The second kappa shape index (κ2) is 10.7. The molecule has 5 atom stereocenters. The number of ether oxygens (including phenoxy) is 3. The number of alkyl carbamates (subject to hydrolysis) is 1. The van der Waals surface area contributed by atoms with Crippen molar-refractivity contribution in [1.29, 1.82) is 0 Å². The van der Waals surface area contributed by atoms with E-state index < -0.39 is 54.9 Å². The summed E-state index contributed by atoms with van der Waals surface area (Å²) in [5, 5.41) is 23.5. The van der Waals surface area contributed by atoms with E-state index in [0.717, 1.165) is 5.56 Å². The zero-order valence-electron chi connectivity index (χ0n) is 20.6. The minimum absolute atomic E-state index is 0.109. The predicted octanol–water partition coefficient (Wildman–Crippen LogP) is 0.707. The van der Waals surface area contributed by atoms with Crippen LogP contribution in [0.1, 0.15) is 32.6 Å². The number of nitrogens with zero attached hydrogens (tertiary/aromatic N) is 4. The molecule has 5 N–H and O–H groups in total. The average molecular weight is 515 g/mol. The van der Waals surface area contributed by atoms with Gasteiger partial charge in [0, 0.05) is 6.42 Å². The average Bonchev–Trinajstić information content (AvgIpc) is 3.40. The number of hydrogen-bond acceptors (Lipinski definition) is 11. The summed E-state index contributed by atoms with van der Waals surface area (Å²) >= 11 is 0. The molecule has 198 valence electrons. The number of esters is 1. The number of imidazole rings is 1. The molecule has 13 heteroatoms. The van der Waals surface area contributed by atoms with Crippen molar-refractivity contribution in [2.75, 3.05) is 12.3 Å². The van der Waals surface area contributed by atoms with Crippen molar-refractivity contribution >= 4 is 29.0 Å². The number of aromatic nitrogens is 4. The van der Waals surface area contributed by atoms with E-state index in [4.69, 9.17) is 19.9 Å². The van der Waals surface area contributed by atoms with Gasteiger partial charge in [-0.05, 0) is 26.3 Å². The number of carbonyl (C=O) groups excluding carboxylic acids is 2. The minimum atomic E-state index is -1.39. The standard InChI is InChI=1S/C24H30N6O7/c1-24(2,3)37-23(34)29-14(9-13-7-5-4-6-8-13)22(33)36-18-15(10-31)35-21(17(18)32)30-12-28-16-19(25)26-11-27-20(16)30/h4-8,11-12,14-15,17-18,21,31-32H,9-10H2,1-3H3,(H,29,34)(H2,25,26,27)/t14-,15+,17+,18+,21+/m0/s1. The molecule has 3 heterocycles. The third-order valence-corrected chi connectivity index (χ3v) is 5.66. The van der Waals surface area contributed by atoms with Crippen LogP contribution in [0.4, 0.5) is 10.6 Å². The SMILES string of the molecule is CC(C)(C)OC(=O)N[C@@H](Cc1ccccc1)C(=O)O[C@H]1[C@@H](O)[C@H](n2cnc3c(N)ncnc32)O[C@@H]1CO. The Morgan fingerprint density at radius 2 is 1.95 bits per heavy atom. The molecule has 13 nitrogen and oxygen atoms in total. The summed E-state index contributed by atoms with van der Waals surface area (Å²) in [5.41, 5.74) is 6.43. The fourth-order valence-corrected chi connectivity index (χ4v) is 4.01. The molecule has 0 radical (unpaired) electrons. The van der Waals surface area contributed by atoms with Crippen LogP contribution in [0, 0.1) is 0 Å². The molecule has 1 fully saturated rings. The van der Waals surface area contributed by atoms with Crippen molar-refractivity contribution in [3.8, 4) is 0 Å². The minimum Gasteiger partial charge on any atom is -0.455 e. The van der Waals surface area contributed by atoms with Crippen molar-refractivity contribution < 1.29 is 34.0 Å². The summed E-state index contributed by atoms with van der Waals surface area (Å²) in [6.07, 6.45) is -2.86. The van der Waals surface area contributed by atoms with Crippen molar-refractivity contribution in [3.05, 3.63) is 48.5 Å². The first-order valence-corrected chi connectivity index (χ1v) is 11.7. The van der Waals surface area contributed by atoms with E-state index in [1.807, 2.05) is 6.07 Å². The monoisotopic (exact) mass is 514 g/mol. The van der Waals surface area contributed by atoms with Crippen LogP contribution >= 0.6 is 0 Å². The second-order valence-corrected chi connectivity index (χ2v) is 9.61. The van der Waals surface area contributed by atoms with Crippen LogP contribution in [0.2, 0.25) is 0 Å². The molecular weight excluding hydrogens is 484 g/mol. The van der Waals surface area contributed by atoms with Crippen molar-refractivity contribution in [2.45, 2.75) is 63.4 Å². The van der Waals surface area contributed by atoms with E-state index in [1.165, 1.54) is 17.2 Å². The summed E-state index contributed by atoms with van der Waals surface area (Å²) in [6.45, 7) is 4.56. The molecule has 0 saturated carbocycles. The van der Waals surface area contributed by atoms with Crippen LogP contribution < -0.4 is 11.1 Å². The van der Waals surface area contributed by atoms with Crippen LogP contribution in [0.25, 0.3) is 11.2 Å². The Hall–Kier alpha value is -3.81. The van der Waals surface area contributed by atoms with Crippen LogP contribution in [-0.2, 0) is 25.4 Å². The number of amides is 1. The first kappa shape index (κ1) is 26.3. The van der Waals surface area contributed by atoms with Gasteiger partial charge in [0.15, 0.2) is 23.8 Å². The molecule has 1 aromatic carbocycles. The number of nitrogen functional groups attached to an aromatic ring is 1. The highest BCUT2D eigenvalue weighted by Gasteiger charge is 2.48. The highest BCUT2D eigenvalue weighted by Crippen LogP contribution is 2.33. The lowest BCUT2D eigenvalue weighted by atomic mass is 10.1. The van der Waals surface area contributed by atoms with Crippen LogP contribution in [0.5, 0.6) is 0 Å². The first-order chi connectivity index (χ1) is 17.6. The molecule has 1 amide bonds. The summed E-state index contributed by atoms with van der Waals surface area (Å²) in [6, 6.07) is 7.90. The van der Waals surface area contributed by atoms with Crippen LogP contribution in [0.15, 0.2) is 43.0 Å². The third-order valence-electron chi connectivity index (χ3n) is 5.66. The number of nitrogens with two attached hydrogens (primary N) is 1. The van der Waals surface area contributed by atoms with Gasteiger partial charge < -0.3 is 35.5 Å². The molecule has 2 aromatic heterocycles. The fourth-order valence-electron chi connectivity index (χ4n) is 4.01. The van der Waals surface area contributed by atoms with Gasteiger partial charge in [-0.3, -0.25) is 4.57 Å². The molecule has 0 bridgehead atoms. The molecule has 0 unspecified atom stereocenters. The molecule has 37 heavy (non-hydrogen) atoms. The van der Waals surface area contributed by atoms with Gasteiger partial charge in [-0.15, -0.1) is 0 Å². The van der Waals surface area contributed by atoms with Gasteiger partial charge >= 0.3 is 12.1 Å². The first-order valence-electron chi connectivity index (χ1n) is 11.7. The number of nitrogens with one attached hydrogen (secondary N) is 1. The van der Waals surface area contributed by atoms with Gasteiger partial charge in [0.25, 0.3) is 0 Å². The molecule has 1 aliphatic rings. The largest absolute Gasteiger partial charge is 0.455 e. The van der Waals surface area contributed by atoms with Gasteiger partial charge in [-0.2, -0.15) is 0 Å². The number of rotatable bonds is 7. The molecule has 0 aliphatic carbocycles. The van der Waals surface area contributed by atoms with Crippen LogP contribution in [0.3, 0.4) is 0 Å². The Morgan fingerprint density at radius 1 is 1.22 bits per heavy atom. The molecule has 4 rings (SSSR count). The number of anilines is 1. The number of aliphatic hydroxyl groups excluding tert-OH is 2. The normalized spacial score (nSPS) is 22.5. The fraction of sp³-hybridized carbons (Fsp3) is 0.458. The highest BCUT2D eigenvalue weighted by molar-refractivity contribution is 5.82.